The fraction of sp³-hybridized carbons (Fsp3) is 0.619. The second-order valence-corrected chi connectivity index (χ2v) is 8.34. The van der Waals surface area contributed by atoms with E-state index in [0.717, 1.165) is 50.0 Å². The SMILES string of the molecule is CN(C)c1ccccc1C(=O)N1C[C@H]2CC[C@@H]1CN(C(=O)C1CCC1)C2. The highest BCUT2D eigenvalue weighted by molar-refractivity contribution is 6.00. The Morgan fingerprint density at radius 1 is 1.00 bits per heavy atom. The molecular formula is C21H29N3O2. The fourth-order valence-electron chi connectivity index (χ4n) is 4.62. The van der Waals surface area contributed by atoms with Crippen LogP contribution < -0.4 is 4.90 Å². The van der Waals surface area contributed by atoms with Gasteiger partial charge in [-0.25, -0.2) is 0 Å². The lowest BCUT2D eigenvalue weighted by Crippen LogP contribution is -2.48. The number of rotatable bonds is 3. The van der Waals surface area contributed by atoms with Gasteiger partial charge in [0, 0.05) is 51.4 Å². The minimum Gasteiger partial charge on any atom is -0.377 e. The van der Waals surface area contributed by atoms with Gasteiger partial charge in [-0.3, -0.25) is 9.59 Å². The van der Waals surface area contributed by atoms with E-state index in [1.807, 2.05) is 48.2 Å². The van der Waals surface area contributed by atoms with Crippen LogP contribution in [0.4, 0.5) is 5.69 Å². The summed E-state index contributed by atoms with van der Waals surface area (Å²) < 4.78 is 0. The Balaban J connectivity index is 1.55. The maximum Gasteiger partial charge on any atom is 0.256 e. The predicted molar refractivity (Wildman–Crippen MR) is 102 cm³/mol. The normalized spacial score (nSPS) is 25.6. The number of carbonyl (C=O) groups is 2. The van der Waals surface area contributed by atoms with Gasteiger partial charge in [-0.15, -0.1) is 0 Å². The minimum atomic E-state index is 0.113. The third-order valence-corrected chi connectivity index (χ3v) is 6.36. The first-order valence-electron chi connectivity index (χ1n) is 9.90. The molecule has 5 heteroatoms. The van der Waals surface area contributed by atoms with Crippen molar-refractivity contribution in [2.45, 2.75) is 38.1 Å². The number of anilines is 1. The molecular weight excluding hydrogens is 326 g/mol. The second kappa shape index (κ2) is 6.93. The Bertz CT molecular complexity index is 698. The maximum absolute atomic E-state index is 13.3. The number of benzene rings is 1. The van der Waals surface area contributed by atoms with Gasteiger partial charge in [-0.2, -0.15) is 0 Å². The largest absolute Gasteiger partial charge is 0.377 e. The van der Waals surface area contributed by atoms with E-state index in [1.165, 1.54) is 6.42 Å². The molecule has 0 radical (unpaired) electrons. The Morgan fingerprint density at radius 2 is 1.77 bits per heavy atom. The minimum absolute atomic E-state index is 0.113. The first-order valence-corrected chi connectivity index (χ1v) is 9.90. The van der Waals surface area contributed by atoms with E-state index in [1.54, 1.807) is 0 Å². The van der Waals surface area contributed by atoms with Crippen LogP contribution in [0.3, 0.4) is 0 Å². The molecule has 2 amide bonds. The first-order chi connectivity index (χ1) is 12.5. The van der Waals surface area contributed by atoms with Gasteiger partial charge in [0.2, 0.25) is 5.91 Å². The summed E-state index contributed by atoms with van der Waals surface area (Å²) in [7, 11) is 3.94. The quantitative estimate of drug-likeness (QED) is 0.837. The van der Waals surface area contributed by atoms with Crippen LogP contribution in [0.25, 0.3) is 0 Å². The Morgan fingerprint density at radius 3 is 2.46 bits per heavy atom. The number of hydrogen-bond acceptors (Lipinski definition) is 3. The van der Waals surface area contributed by atoms with Gasteiger partial charge in [-0.1, -0.05) is 18.6 Å². The lowest BCUT2D eigenvalue weighted by molar-refractivity contribution is -0.138. The molecule has 0 aromatic heterocycles. The summed E-state index contributed by atoms with van der Waals surface area (Å²) in [6, 6.07) is 7.98. The number of hydrogen-bond donors (Lipinski definition) is 0. The zero-order valence-corrected chi connectivity index (χ0v) is 15.9. The smallest absolute Gasteiger partial charge is 0.256 e. The number of para-hydroxylation sites is 1. The van der Waals surface area contributed by atoms with Crippen LogP contribution in [0.1, 0.15) is 42.5 Å². The molecule has 26 heavy (non-hydrogen) atoms. The molecule has 2 bridgehead atoms. The van der Waals surface area contributed by atoms with Crippen LogP contribution in [0.15, 0.2) is 24.3 Å². The molecule has 0 N–H and O–H groups in total. The highest BCUT2D eigenvalue weighted by atomic mass is 16.2. The van der Waals surface area contributed by atoms with Crippen LogP contribution >= 0.6 is 0 Å². The monoisotopic (exact) mass is 355 g/mol. The lowest BCUT2D eigenvalue weighted by Gasteiger charge is -2.37. The van der Waals surface area contributed by atoms with Gasteiger partial charge in [0.15, 0.2) is 0 Å². The van der Waals surface area contributed by atoms with Crippen LogP contribution in [0, 0.1) is 11.8 Å². The van der Waals surface area contributed by atoms with Crippen molar-refractivity contribution in [2.75, 3.05) is 38.6 Å². The predicted octanol–water partition coefficient (Wildman–Crippen LogP) is 2.62. The molecule has 1 aromatic carbocycles. The highest BCUT2D eigenvalue weighted by Gasteiger charge is 2.41. The summed E-state index contributed by atoms with van der Waals surface area (Å²) in [6.07, 6.45) is 5.41. The average molecular weight is 355 g/mol. The maximum atomic E-state index is 13.3. The van der Waals surface area contributed by atoms with Crippen molar-refractivity contribution in [3.05, 3.63) is 29.8 Å². The van der Waals surface area contributed by atoms with Crippen LogP contribution in [0.5, 0.6) is 0 Å². The molecule has 0 spiro atoms. The van der Waals surface area contributed by atoms with Crippen molar-refractivity contribution in [1.29, 1.82) is 0 Å². The molecule has 3 saturated heterocycles. The summed E-state index contributed by atoms with van der Waals surface area (Å²) in [5, 5.41) is 0. The van der Waals surface area contributed by atoms with Gasteiger partial charge in [-0.05, 0) is 43.7 Å². The molecule has 5 nitrogen and oxygen atoms in total. The summed E-state index contributed by atoms with van der Waals surface area (Å²) >= 11 is 0. The third kappa shape index (κ3) is 3.08. The molecule has 4 aliphatic rings. The zero-order valence-electron chi connectivity index (χ0n) is 15.9. The van der Waals surface area contributed by atoms with Gasteiger partial charge >= 0.3 is 0 Å². The Hall–Kier alpha value is -2.04. The molecule has 2 atom stereocenters. The summed E-state index contributed by atoms with van der Waals surface area (Å²) in [5.41, 5.74) is 1.72. The molecule has 4 fully saturated rings. The number of fused-ring (bicyclic) bond motifs is 4. The fourth-order valence-corrected chi connectivity index (χ4v) is 4.62. The van der Waals surface area contributed by atoms with Gasteiger partial charge in [0.25, 0.3) is 5.91 Å². The van der Waals surface area contributed by atoms with Crippen molar-refractivity contribution in [3.8, 4) is 0 Å². The van der Waals surface area contributed by atoms with Crippen molar-refractivity contribution in [3.63, 3.8) is 0 Å². The van der Waals surface area contributed by atoms with E-state index in [9.17, 15) is 9.59 Å². The Kier molecular flexibility index (Phi) is 4.63. The number of piperidine rings is 1. The van der Waals surface area contributed by atoms with Crippen molar-refractivity contribution in [1.82, 2.24) is 9.80 Å². The second-order valence-electron chi connectivity index (χ2n) is 8.34. The van der Waals surface area contributed by atoms with E-state index < -0.39 is 0 Å². The molecule has 0 unspecified atom stereocenters. The lowest BCUT2D eigenvalue weighted by atomic mass is 9.84. The molecule has 140 valence electrons. The van der Waals surface area contributed by atoms with E-state index in [0.29, 0.717) is 18.4 Å². The highest BCUT2D eigenvalue weighted by Crippen LogP contribution is 2.34. The topological polar surface area (TPSA) is 43.9 Å². The third-order valence-electron chi connectivity index (χ3n) is 6.36. The molecule has 1 aromatic rings. The number of amides is 2. The van der Waals surface area contributed by atoms with E-state index >= 15 is 0 Å². The van der Waals surface area contributed by atoms with Crippen molar-refractivity contribution in [2.24, 2.45) is 11.8 Å². The summed E-state index contributed by atoms with van der Waals surface area (Å²) in [5.74, 6) is 1.09. The van der Waals surface area contributed by atoms with E-state index in [-0.39, 0.29) is 17.9 Å². The molecule has 1 aliphatic carbocycles. The van der Waals surface area contributed by atoms with Crippen LogP contribution in [-0.2, 0) is 4.79 Å². The van der Waals surface area contributed by atoms with Gasteiger partial charge in [0.1, 0.15) is 0 Å². The first kappa shape index (κ1) is 17.4. The molecule has 3 aliphatic heterocycles. The standard InChI is InChI=1S/C21H29N3O2/c1-22(2)19-9-4-3-8-18(19)21(26)24-13-15-10-11-17(24)14-23(12-15)20(25)16-6-5-7-16/h3-4,8-9,15-17H,5-7,10-14H2,1-2H3/t15-,17+/m0/s1. The number of carbonyl (C=O) groups excluding carboxylic acids is 2. The van der Waals surface area contributed by atoms with Crippen molar-refractivity contribution >= 4 is 17.5 Å². The van der Waals surface area contributed by atoms with E-state index in [4.69, 9.17) is 0 Å². The average Bonchev–Trinajstić information content (AvgIpc) is 2.91. The molecule has 3 heterocycles. The van der Waals surface area contributed by atoms with Gasteiger partial charge in [0.05, 0.1) is 5.56 Å². The number of nitrogens with zero attached hydrogens (tertiary/aromatic N) is 3. The molecule has 5 rings (SSSR count). The Labute approximate surface area is 155 Å². The van der Waals surface area contributed by atoms with Crippen molar-refractivity contribution < 1.29 is 9.59 Å². The van der Waals surface area contributed by atoms with Crippen LogP contribution in [0.2, 0.25) is 0 Å². The van der Waals surface area contributed by atoms with Crippen LogP contribution in [-0.4, -0.2) is 61.4 Å². The summed E-state index contributed by atoms with van der Waals surface area (Å²) in [6.45, 7) is 2.31. The zero-order chi connectivity index (χ0) is 18.3. The van der Waals surface area contributed by atoms with E-state index in [2.05, 4.69) is 4.90 Å². The molecule has 1 saturated carbocycles. The summed E-state index contributed by atoms with van der Waals surface area (Å²) in [4.78, 5) is 32.2. The van der Waals surface area contributed by atoms with Gasteiger partial charge < -0.3 is 14.7 Å².